The first-order chi connectivity index (χ1) is 18.7. The standard InChI is InChI=1S/C23H19B3F7N3O5/c1-9-12(4-5-13(35-9)19(34)37)36-20(38)17-15(7-3-11(18(17)27)21(28,29)30)39-14-6-2-10(40-23(31,32)33)8-16(14)41-22(24,25)26/h2-8H,24-26H2,1H3,(H2,34,37)(H,36,38). The summed E-state index contributed by atoms with van der Waals surface area (Å²) in [6.45, 7) is 1.35. The highest BCUT2D eigenvalue weighted by atomic mass is 19.4. The van der Waals surface area contributed by atoms with Crippen molar-refractivity contribution >= 4 is 41.0 Å². The first-order valence-corrected chi connectivity index (χ1v) is 11.5. The number of ether oxygens (including phenoxy) is 3. The molecule has 0 bridgehead atoms. The van der Waals surface area contributed by atoms with Gasteiger partial charge in [-0.25, -0.2) is 9.37 Å². The summed E-state index contributed by atoms with van der Waals surface area (Å²) in [6, 6.07) is 5.89. The Morgan fingerprint density at radius 3 is 2.07 bits per heavy atom. The molecule has 0 unspecified atom stereocenters. The van der Waals surface area contributed by atoms with Crippen LogP contribution in [0.25, 0.3) is 0 Å². The van der Waals surface area contributed by atoms with E-state index in [1.807, 2.05) is 0 Å². The first-order valence-electron chi connectivity index (χ1n) is 11.5. The predicted octanol–water partition coefficient (Wildman–Crippen LogP) is 2.48. The van der Waals surface area contributed by atoms with Crippen molar-refractivity contribution in [1.82, 2.24) is 4.98 Å². The average Bonchev–Trinajstić information content (AvgIpc) is 2.79. The second-order valence-corrected chi connectivity index (χ2v) is 9.42. The third kappa shape index (κ3) is 8.08. The van der Waals surface area contributed by atoms with Crippen molar-refractivity contribution in [2.45, 2.75) is 24.8 Å². The summed E-state index contributed by atoms with van der Waals surface area (Å²) in [7, 11) is 4.64. The van der Waals surface area contributed by atoms with Gasteiger partial charge in [0.1, 0.15) is 46.3 Å². The molecule has 1 aromatic heterocycles. The third-order valence-electron chi connectivity index (χ3n) is 5.01. The van der Waals surface area contributed by atoms with E-state index in [2.05, 4.69) is 15.0 Å². The van der Waals surface area contributed by atoms with Crippen molar-refractivity contribution in [1.29, 1.82) is 0 Å². The fourth-order valence-electron chi connectivity index (χ4n) is 3.39. The maximum Gasteiger partial charge on any atom is 0.573 e. The number of pyridine rings is 1. The highest BCUT2D eigenvalue weighted by Gasteiger charge is 2.38. The molecule has 18 heteroatoms. The van der Waals surface area contributed by atoms with Gasteiger partial charge in [-0.2, -0.15) is 13.2 Å². The zero-order chi connectivity index (χ0) is 30.9. The summed E-state index contributed by atoms with van der Waals surface area (Å²) in [4.78, 5) is 28.3. The lowest BCUT2D eigenvalue weighted by Crippen LogP contribution is -2.37. The molecule has 41 heavy (non-hydrogen) atoms. The Morgan fingerprint density at radius 2 is 1.54 bits per heavy atom. The van der Waals surface area contributed by atoms with Gasteiger partial charge in [0.25, 0.3) is 11.8 Å². The number of carbonyl (C=O) groups excluding carboxylic acids is 2. The SMILES string of the molecule is BC(B)(B)Oc1cc(OC(F)(F)F)ccc1Oc1ccc(C(F)(F)F)c(F)c1C(=O)Nc1ccc(C(N)=O)nc1C. The normalized spacial score (nSPS) is 12.0. The molecule has 8 nitrogen and oxygen atoms in total. The van der Waals surface area contributed by atoms with Crippen LogP contribution in [0.2, 0.25) is 0 Å². The Kier molecular flexibility index (Phi) is 8.55. The van der Waals surface area contributed by atoms with E-state index in [0.717, 1.165) is 24.3 Å². The Labute approximate surface area is 230 Å². The largest absolute Gasteiger partial charge is 0.573 e. The fraction of sp³-hybridized carbons (Fsp3) is 0.174. The lowest BCUT2D eigenvalue weighted by molar-refractivity contribution is -0.274. The number of halogens is 7. The number of nitrogens with two attached hydrogens (primary N) is 1. The van der Waals surface area contributed by atoms with Crippen molar-refractivity contribution in [2.24, 2.45) is 5.73 Å². The molecule has 2 amide bonds. The number of aryl methyl sites for hydroxylation is 1. The molecule has 1 heterocycles. The minimum Gasteiger partial charge on any atom is -0.510 e. The molecule has 0 atom stereocenters. The van der Waals surface area contributed by atoms with E-state index >= 15 is 4.39 Å². The number of hydrogen-bond acceptors (Lipinski definition) is 6. The smallest absolute Gasteiger partial charge is 0.510 e. The quantitative estimate of drug-likeness (QED) is 0.312. The molecule has 0 aliphatic rings. The van der Waals surface area contributed by atoms with E-state index in [4.69, 9.17) is 15.2 Å². The van der Waals surface area contributed by atoms with E-state index in [9.17, 15) is 35.9 Å². The third-order valence-corrected chi connectivity index (χ3v) is 5.01. The number of nitrogens with zero attached hydrogens (tertiary/aromatic N) is 1. The number of aromatic nitrogens is 1. The van der Waals surface area contributed by atoms with Gasteiger partial charge < -0.3 is 25.3 Å². The molecule has 0 saturated heterocycles. The predicted molar refractivity (Wildman–Crippen MR) is 139 cm³/mol. The minimum atomic E-state index is -5.20. The van der Waals surface area contributed by atoms with Crippen LogP contribution in [0.15, 0.2) is 42.5 Å². The van der Waals surface area contributed by atoms with E-state index < -0.39 is 58.1 Å². The van der Waals surface area contributed by atoms with E-state index in [-0.39, 0.29) is 28.6 Å². The summed E-state index contributed by atoms with van der Waals surface area (Å²) in [6.07, 6.45) is -10.2. The van der Waals surface area contributed by atoms with Gasteiger partial charge in [-0.3, -0.25) is 9.59 Å². The van der Waals surface area contributed by atoms with Gasteiger partial charge in [-0.15, -0.1) is 13.2 Å². The van der Waals surface area contributed by atoms with Crippen LogP contribution in [-0.4, -0.2) is 52.0 Å². The average molecular weight is 583 g/mol. The topological polar surface area (TPSA) is 113 Å². The zero-order valence-electron chi connectivity index (χ0n) is 21.8. The molecule has 214 valence electrons. The maximum atomic E-state index is 15.3. The molecule has 0 aliphatic heterocycles. The number of nitrogens with one attached hydrogen (secondary N) is 1. The van der Waals surface area contributed by atoms with E-state index in [1.165, 1.54) is 13.0 Å². The number of primary amides is 1. The molecular formula is C23H19B3F7N3O5. The molecular weight excluding hydrogens is 564 g/mol. The fourth-order valence-corrected chi connectivity index (χ4v) is 3.39. The van der Waals surface area contributed by atoms with Crippen LogP contribution in [0.3, 0.4) is 0 Å². The van der Waals surface area contributed by atoms with Crippen LogP contribution in [0.5, 0.6) is 23.0 Å². The zero-order valence-corrected chi connectivity index (χ0v) is 21.8. The minimum absolute atomic E-state index is 0.0330. The molecule has 0 aliphatic carbocycles. The molecule has 3 rings (SSSR count). The molecule has 3 N–H and O–H groups in total. The summed E-state index contributed by atoms with van der Waals surface area (Å²) in [5.74, 6) is -6.42. The van der Waals surface area contributed by atoms with E-state index in [1.54, 1.807) is 23.5 Å². The van der Waals surface area contributed by atoms with Crippen LogP contribution in [0.1, 0.15) is 32.1 Å². The summed E-state index contributed by atoms with van der Waals surface area (Å²) >= 11 is 0. The number of alkyl halides is 6. The Bertz CT molecular complexity index is 1500. The highest BCUT2D eigenvalue weighted by Crippen LogP contribution is 2.41. The summed E-state index contributed by atoms with van der Waals surface area (Å²) in [5, 5.41) is 1.20. The lowest BCUT2D eigenvalue weighted by atomic mass is 9.52. The second-order valence-electron chi connectivity index (χ2n) is 9.42. The van der Waals surface area contributed by atoms with Crippen molar-refractivity contribution < 1.29 is 54.5 Å². The van der Waals surface area contributed by atoms with Gasteiger partial charge >= 0.3 is 12.5 Å². The summed E-state index contributed by atoms with van der Waals surface area (Å²) in [5.41, 5.74) is 1.96. The van der Waals surface area contributed by atoms with Gasteiger partial charge in [0.15, 0.2) is 17.3 Å². The van der Waals surface area contributed by atoms with Crippen LogP contribution >= 0.6 is 0 Å². The summed E-state index contributed by atoms with van der Waals surface area (Å²) < 4.78 is 109. The van der Waals surface area contributed by atoms with Crippen LogP contribution < -0.4 is 25.3 Å². The van der Waals surface area contributed by atoms with Gasteiger partial charge in [-0.05, 0) is 43.3 Å². The van der Waals surface area contributed by atoms with Crippen LogP contribution in [0, 0.1) is 12.7 Å². The van der Waals surface area contributed by atoms with E-state index in [0.29, 0.717) is 12.1 Å². The Morgan fingerprint density at radius 1 is 0.902 bits per heavy atom. The van der Waals surface area contributed by atoms with Crippen molar-refractivity contribution in [2.75, 3.05) is 5.32 Å². The number of anilines is 1. The van der Waals surface area contributed by atoms with Crippen LogP contribution in [-0.2, 0) is 6.18 Å². The Balaban J connectivity index is 2.11. The van der Waals surface area contributed by atoms with Gasteiger partial charge in [0.2, 0.25) is 0 Å². The van der Waals surface area contributed by atoms with Crippen molar-refractivity contribution in [3.05, 3.63) is 70.8 Å². The monoisotopic (exact) mass is 583 g/mol. The van der Waals surface area contributed by atoms with Crippen molar-refractivity contribution in [3.8, 4) is 23.0 Å². The molecule has 2 aromatic carbocycles. The van der Waals surface area contributed by atoms with Gasteiger partial charge in [-0.1, -0.05) is 0 Å². The molecule has 0 saturated carbocycles. The molecule has 0 radical (unpaired) electrons. The second kappa shape index (κ2) is 11.3. The van der Waals surface area contributed by atoms with Crippen molar-refractivity contribution in [3.63, 3.8) is 0 Å². The molecule has 3 aromatic rings. The maximum absolute atomic E-state index is 15.3. The number of benzene rings is 2. The van der Waals surface area contributed by atoms with Gasteiger partial charge in [0, 0.05) is 11.4 Å². The number of rotatable bonds is 8. The number of hydrogen-bond donors (Lipinski definition) is 2. The van der Waals surface area contributed by atoms with Gasteiger partial charge in [0.05, 0.1) is 16.9 Å². The molecule has 0 spiro atoms. The number of amides is 2. The first kappa shape index (κ1) is 31.2. The number of carbonyl (C=O) groups is 2. The Hall–Kier alpha value is -4.37. The molecule has 0 fully saturated rings. The van der Waals surface area contributed by atoms with Crippen LogP contribution in [0.4, 0.5) is 36.4 Å². The highest BCUT2D eigenvalue weighted by molar-refractivity contribution is 6.58. The lowest BCUT2D eigenvalue weighted by Gasteiger charge is -2.25.